The van der Waals surface area contributed by atoms with Gasteiger partial charge in [-0.25, -0.2) is 0 Å². The van der Waals surface area contributed by atoms with Crippen LogP contribution < -0.4 is 10.6 Å². The second kappa shape index (κ2) is 9.37. The summed E-state index contributed by atoms with van der Waals surface area (Å²) in [7, 11) is 0. The maximum Gasteiger partial charge on any atom is 0.223 e. The van der Waals surface area contributed by atoms with Gasteiger partial charge in [-0.2, -0.15) is 0 Å². The summed E-state index contributed by atoms with van der Waals surface area (Å²) in [4.78, 5) is 11.8. The van der Waals surface area contributed by atoms with Gasteiger partial charge in [0.25, 0.3) is 0 Å². The van der Waals surface area contributed by atoms with Gasteiger partial charge in [-0.3, -0.25) is 4.79 Å². The van der Waals surface area contributed by atoms with E-state index in [1.165, 1.54) is 38.5 Å². The summed E-state index contributed by atoms with van der Waals surface area (Å²) in [6, 6.07) is 0.678. The SMILES string of the molecule is CCC(CC)C(=O)NCCNC1CCCCCC1. The van der Waals surface area contributed by atoms with Crippen LogP contribution in [0.15, 0.2) is 0 Å². The smallest absolute Gasteiger partial charge is 0.223 e. The van der Waals surface area contributed by atoms with Crippen molar-refractivity contribution in [2.45, 2.75) is 71.3 Å². The van der Waals surface area contributed by atoms with Gasteiger partial charge in [0, 0.05) is 25.0 Å². The van der Waals surface area contributed by atoms with Gasteiger partial charge in [0.05, 0.1) is 0 Å². The molecule has 2 N–H and O–H groups in total. The summed E-state index contributed by atoms with van der Waals surface area (Å²) < 4.78 is 0. The van der Waals surface area contributed by atoms with Crippen LogP contribution in [0.25, 0.3) is 0 Å². The molecule has 1 aliphatic rings. The highest BCUT2D eigenvalue weighted by atomic mass is 16.1. The zero-order chi connectivity index (χ0) is 13.2. The molecule has 0 atom stereocenters. The second-order valence-corrected chi connectivity index (χ2v) is 5.45. The predicted molar refractivity (Wildman–Crippen MR) is 76.6 cm³/mol. The van der Waals surface area contributed by atoms with Gasteiger partial charge in [-0.1, -0.05) is 39.5 Å². The number of hydrogen-bond donors (Lipinski definition) is 2. The third-order valence-electron chi connectivity index (χ3n) is 4.07. The van der Waals surface area contributed by atoms with Crippen LogP contribution in [-0.2, 0) is 4.79 Å². The molecule has 3 heteroatoms. The first-order valence-corrected chi connectivity index (χ1v) is 7.79. The van der Waals surface area contributed by atoms with Crippen LogP contribution in [-0.4, -0.2) is 25.0 Å². The highest BCUT2D eigenvalue weighted by Gasteiger charge is 2.14. The molecule has 0 radical (unpaired) electrons. The molecule has 0 saturated heterocycles. The molecule has 0 aromatic carbocycles. The lowest BCUT2D eigenvalue weighted by molar-refractivity contribution is -0.125. The lowest BCUT2D eigenvalue weighted by atomic mass is 10.0. The van der Waals surface area contributed by atoms with Crippen LogP contribution in [0.2, 0.25) is 0 Å². The Morgan fingerprint density at radius 2 is 1.67 bits per heavy atom. The lowest BCUT2D eigenvalue weighted by Gasteiger charge is -2.17. The summed E-state index contributed by atoms with van der Waals surface area (Å²) in [5, 5.41) is 6.62. The Morgan fingerprint density at radius 3 is 2.22 bits per heavy atom. The molecule has 0 aromatic heterocycles. The standard InChI is InChI=1S/C15H30N2O/c1-3-13(4-2)15(18)17-12-11-16-14-9-7-5-6-8-10-14/h13-14,16H,3-12H2,1-2H3,(H,17,18). The summed E-state index contributed by atoms with van der Waals surface area (Å²) in [6.45, 7) is 5.84. The Kier molecular flexibility index (Phi) is 8.06. The number of carbonyl (C=O) groups is 1. The van der Waals surface area contributed by atoms with Gasteiger partial charge < -0.3 is 10.6 Å². The average molecular weight is 254 g/mol. The zero-order valence-corrected chi connectivity index (χ0v) is 12.1. The number of nitrogens with one attached hydrogen (secondary N) is 2. The Bertz CT molecular complexity index is 219. The van der Waals surface area contributed by atoms with Crippen molar-refractivity contribution >= 4 is 5.91 Å². The Hall–Kier alpha value is -0.570. The van der Waals surface area contributed by atoms with Crippen LogP contribution in [0.4, 0.5) is 0 Å². The van der Waals surface area contributed by atoms with E-state index in [-0.39, 0.29) is 11.8 Å². The molecule has 1 amide bonds. The van der Waals surface area contributed by atoms with Crippen molar-refractivity contribution < 1.29 is 4.79 Å². The van der Waals surface area contributed by atoms with E-state index in [0.717, 1.165) is 25.9 Å². The van der Waals surface area contributed by atoms with Gasteiger partial charge in [-0.15, -0.1) is 0 Å². The van der Waals surface area contributed by atoms with E-state index in [2.05, 4.69) is 24.5 Å². The van der Waals surface area contributed by atoms with Crippen LogP contribution in [0.1, 0.15) is 65.2 Å². The van der Waals surface area contributed by atoms with Crippen molar-refractivity contribution in [1.82, 2.24) is 10.6 Å². The first-order valence-electron chi connectivity index (χ1n) is 7.79. The Balaban J connectivity index is 2.08. The van der Waals surface area contributed by atoms with Crippen molar-refractivity contribution in [3.63, 3.8) is 0 Å². The molecule has 18 heavy (non-hydrogen) atoms. The summed E-state index contributed by atoms with van der Waals surface area (Å²) in [5.74, 6) is 0.422. The van der Waals surface area contributed by atoms with Crippen LogP contribution in [0, 0.1) is 5.92 Å². The predicted octanol–water partition coefficient (Wildman–Crippen LogP) is 2.85. The second-order valence-electron chi connectivity index (χ2n) is 5.45. The quantitative estimate of drug-likeness (QED) is 0.542. The lowest BCUT2D eigenvalue weighted by Crippen LogP contribution is -2.38. The van der Waals surface area contributed by atoms with Gasteiger partial charge in [0.1, 0.15) is 0 Å². The van der Waals surface area contributed by atoms with E-state index >= 15 is 0 Å². The van der Waals surface area contributed by atoms with E-state index in [9.17, 15) is 4.79 Å². The number of rotatable bonds is 7. The minimum absolute atomic E-state index is 0.197. The molecular formula is C15H30N2O. The van der Waals surface area contributed by atoms with Crippen molar-refractivity contribution in [1.29, 1.82) is 0 Å². The Labute approximate surface area is 112 Å². The Morgan fingerprint density at radius 1 is 1.06 bits per heavy atom. The zero-order valence-electron chi connectivity index (χ0n) is 12.1. The van der Waals surface area contributed by atoms with Gasteiger partial charge in [0.15, 0.2) is 0 Å². The van der Waals surface area contributed by atoms with E-state index in [1.54, 1.807) is 0 Å². The molecule has 106 valence electrons. The fraction of sp³-hybridized carbons (Fsp3) is 0.933. The van der Waals surface area contributed by atoms with Crippen molar-refractivity contribution in [3.05, 3.63) is 0 Å². The monoisotopic (exact) mass is 254 g/mol. The molecule has 1 saturated carbocycles. The largest absolute Gasteiger partial charge is 0.355 e. The van der Waals surface area contributed by atoms with Gasteiger partial charge >= 0.3 is 0 Å². The number of amides is 1. The third kappa shape index (κ3) is 5.85. The van der Waals surface area contributed by atoms with Gasteiger partial charge in [-0.05, 0) is 25.7 Å². The summed E-state index contributed by atoms with van der Waals surface area (Å²) in [6.07, 6.45) is 10.0. The van der Waals surface area contributed by atoms with Gasteiger partial charge in [0.2, 0.25) is 5.91 Å². The number of carbonyl (C=O) groups excluding carboxylic acids is 1. The summed E-state index contributed by atoms with van der Waals surface area (Å²) in [5.41, 5.74) is 0. The van der Waals surface area contributed by atoms with Crippen LogP contribution in [0.3, 0.4) is 0 Å². The molecule has 0 aliphatic heterocycles. The minimum Gasteiger partial charge on any atom is -0.355 e. The molecule has 3 nitrogen and oxygen atoms in total. The van der Waals surface area contributed by atoms with Crippen LogP contribution >= 0.6 is 0 Å². The van der Waals surface area contributed by atoms with E-state index in [4.69, 9.17) is 0 Å². The fourth-order valence-electron chi connectivity index (χ4n) is 2.75. The summed E-state index contributed by atoms with van der Waals surface area (Å²) >= 11 is 0. The molecule has 0 bridgehead atoms. The average Bonchev–Trinajstić information content (AvgIpc) is 2.65. The molecule has 0 spiro atoms. The fourth-order valence-corrected chi connectivity index (χ4v) is 2.75. The van der Waals surface area contributed by atoms with Crippen molar-refractivity contribution in [2.24, 2.45) is 5.92 Å². The third-order valence-corrected chi connectivity index (χ3v) is 4.07. The molecule has 0 heterocycles. The highest BCUT2D eigenvalue weighted by Crippen LogP contribution is 2.16. The maximum absolute atomic E-state index is 11.8. The van der Waals surface area contributed by atoms with E-state index in [0.29, 0.717) is 6.04 Å². The van der Waals surface area contributed by atoms with E-state index < -0.39 is 0 Å². The molecule has 1 fully saturated rings. The first kappa shape index (κ1) is 15.5. The molecule has 0 unspecified atom stereocenters. The molecular weight excluding hydrogens is 224 g/mol. The first-order chi connectivity index (χ1) is 8.77. The topological polar surface area (TPSA) is 41.1 Å². The maximum atomic E-state index is 11.8. The number of hydrogen-bond acceptors (Lipinski definition) is 2. The van der Waals surface area contributed by atoms with Crippen molar-refractivity contribution in [2.75, 3.05) is 13.1 Å². The normalized spacial score (nSPS) is 17.7. The minimum atomic E-state index is 0.197. The molecule has 0 aromatic rings. The molecule has 1 aliphatic carbocycles. The highest BCUT2D eigenvalue weighted by molar-refractivity contribution is 5.78. The molecule has 1 rings (SSSR count). The van der Waals surface area contributed by atoms with Crippen molar-refractivity contribution in [3.8, 4) is 0 Å². The van der Waals surface area contributed by atoms with E-state index in [1.807, 2.05) is 0 Å². The van der Waals surface area contributed by atoms with Crippen LogP contribution in [0.5, 0.6) is 0 Å².